The van der Waals surface area contributed by atoms with Crippen LogP contribution in [0.3, 0.4) is 0 Å². The van der Waals surface area contributed by atoms with E-state index in [2.05, 4.69) is 45.6 Å². The van der Waals surface area contributed by atoms with Crippen LogP contribution in [-0.4, -0.2) is 27.9 Å². The molecule has 0 radical (unpaired) electrons. The number of hydrogen-bond donors (Lipinski definition) is 1. The predicted octanol–water partition coefficient (Wildman–Crippen LogP) is 5.83. The molecule has 1 aliphatic carbocycles. The highest BCUT2D eigenvalue weighted by Gasteiger charge is 2.33. The van der Waals surface area contributed by atoms with Gasteiger partial charge in [0, 0.05) is 25.5 Å². The second-order valence-corrected chi connectivity index (χ2v) is 10.7. The second kappa shape index (κ2) is 12.5. The van der Waals surface area contributed by atoms with Gasteiger partial charge in [0.15, 0.2) is 0 Å². The Labute approximate surface area is 208 Å². The summed E-state index contributed by atoms with van der Waals surface area (Å²) < 4.78 is 26.7. The monoisotopic (exact) mass is 494 g/mol. The van der Waals surface area contributed by atoms with Gasteiger partial charge < -0.3 is 5.32 Å². The molecule has 1 unspecified atom stereocenters. The molecule has 186 valence electrons. The van der Waals surface area contributed by atoms with E-state index >= 15 is 0 Å². The van der Waals surface area contributed by atoms with Gasteiger partial charge in [-0.1, -0.05) is 36.4 Å². The van der Waals surface area contributed by atoms with Gasteiger partial charge in [0.25, 0.3) is 0 Å². The third-order valence-electron chi connectivity index (χ3n) is 6.14. The van der Waals surface area contributed by atoms with Crippen molar-refractivity contribution in [2.75, 3.05) is 13.2 Å². The van der Waals surface area contributed by atoms with Crippen molar-refractivity contribution in [1.29, 1.82) is 0 Å². The van der Waals surface area contributed by atoms with Crippen LogP contribution in [0.4, 0.5) is 0 Å². The number of fused-ring (bicyclic) bond motifs is 1. The second-order valence-electron chi connectivity index (χ2n) is 8.64. The lowest BCUT2D eigenvalue weighted by Crippen LogP contribution is -2.26. The minimum atomic E-state index is -3.46. The number of nitrogens with zero attached hydrogens (tertiary/aromatic N) is 3. The molecule has 3 aromatic rings. The summed E-state index contributed by atoms with van der Waals surface area (Å²) in [4.78, 5) is 9.03. The zero-order valence-corrected chi connectivity index (χ0v) is 21.5. The van der Waals surface area contributed by atoms with Crippen LogP contribution < -0.4 is 5.32 Å². The molecule has 1 aromatic carbocycles. The first kappa shape index (κ1) is 25.7. The Morgan fingerprint density at radius 1 is 0.943 bits per heavy atom. The average molecular weight is 495 g/mol. The zero-order valence-electron chi connectivity index (χ0n) is 20.6. The van der Waals surface area contributed by atoms with Crippen LogP contribution in [-0.2, 0) is 39.7 Å². The molecular weight excluding hydrogens is 459 g/mol. The molecular formula is C27H35N4O3P. The molecule has 1 atom stereocenters. The Kier molecular flexibility index (Phi) is 9.18. The molecule has 0 saturated carbocycles. The lowest BCUT2D eigenvalue weighted by molar-refractivity contribution is 0.161. The van der Waals surface area contributed by atoms with Gasteiger partial charge in [-0.15, -0.1) is 0 Å². The van der Waals surface area contributed by atoms with Gasteiger partial charge in [-0.3, -0.25) is 19.0 Å². The van der Waals surface area contributed by atoms with Crippen LogP contribution in [0.1, 0.15) is 60.8 Å². The number of aromatic nitrogens is 2. The van der Waals surface area contributed by atoms with Crippen molar-refractivity contribution in [3.05, 3.63) is 95.1 Å². The van der Waals surface area contributed by atoms with E-state index in [1.54, 1.807) is 10.9 Å². The number of hydrogen-bond acceptors (Lipinski definition) is 6. The smallest absolute Gasteiger partial charge is 0.305 e. The molecule has 0 fully saturated rings. The highest BCUT2D eigenvalue weighted by molar-refractivity contribution is 7.51. The van der Waals surface area contributed by atoms with Crippen LogP contribution in [0.15, 0.2) is 67.0 Å². The van der Waals surface area contributed by atoms with E-state index in [4.69, 9.17) is 9.05 Å². The van der Waals surface area contributed by atoms with Gasteiger partial charge in [-0.05, 0) is 68.0 Å². The minimum absolute atomic E-state index is 0.289. The Bertz CT molecular complexity index is 1100. The summed E-state index contributed by atoms with van der Waals surface area (Å²) in [7, 11) is -3.46. The highest BCUT2D eigenvalue weighted by atomic mass is 31.2. The molecule has 4 rings (SSSR count). The lowest BCUT2D eigenvalue weighted by atomic mass is 9.92. The SMILES string of the molecule is CCOP(=O)(OCC)N(Cc1ccc(CNC2CCCc3cccnc32)cc1)Cc1ccccn1. The molecule has 1 N–H and O–H groups in total. The van der Waals surface area contributed by atoms with Gasteiger partial charge >= 0.3 is 7.75 Å². The van der Waals surface area contributed by atoms with Crippen molar-refractivity contribution in [1.82, 2.24) is 20.0 Å². The maximum atomic E-state index is 13.6. The number of nitrogens with one attached hydrogen (secondary N) is 1. The zero-order chi connectivity index (χ0) is 24.5. The highest BCUT2D eigenvalue weighted by Crippen LogP contribution is 2.53. The summed E-state index contributed by atoms with van der Waals surface area (Å²) in [5, 5.41) is 3.68. The van der Waals surface area contributed by atoms with Crippen LogP contribution in [0.25, 0.3) is 0 Å². The van der Waals surface area contributed by atoms with Crippen LogP contribution >= 0.6 is 7.75 Å². The molecule has 0 aliphatic heterocycles. The van der Waals surface area contributed by atoms with Crippen molar-refractivity contribution in [2.24, 2.45) is 0 Å². The summed E-state index contributed by atoms with van der Waals surface area (Å²) in [5.41, 5.74) is 5.59. The lowest BCUT2D eigenvalue weighted by Gasteiger charge is -2.29. The topological polar surface area (TPSA) is 76.6 Å². The molecule has 2 heterocycles. The average Bonchev–Trinajstić information content (AvgIpc) is 2.89. The molecule has 0 amide bonds. The van der Waals surface area contributed by atoms with E-state index < -0.39 is 7.75 Å². The molecule has 0 saturated heterocycles. The minimum Gasteiger partial charge on any atom is -0.305 e. The first-order valence-electron chi connectivity index (χ1n) is 12.4. The quantitative estimate of drug-likeness (QED) is 0.318. The van der Waals surface area contributed by atoms with Gasteiger partial charge in [-0.25, -0.2) is 4.57 Å². The van der Waals surface area contributed by atoms with Crippen molar-refractivity contribution in [3.8, 4) is 0 Å². The number of pyridine rings is 2. The van der Waals surface area contributed by atoms with Crippen molar-refractivity contribution in [2.45, 2.75) is 58.8 Å². The van der Waals surface area contributed by atoms with Gasteiger partial charge in [0.05, 0.1) is 37.2 Å². The van der Waals surface area contributed by atoms with Crippen LogP contribution in [0.2, 0.25) is 0 Å². The molecule has 7 nitrogen and oxygen atoms in total. The molecule has 2 aromatic heterocycles. The van der Waals surface area contributed by atoms with E-state index in [0.29, 0.717) is 26.3 Å². The summed E-state index contributed by atoms with van der Waals surface area (Å²) >= 11 is 0. The summed E-state index contributed by atoms with van der Waals surface area (Å²) in [6, 6.07) is 18.6. The number of aryl methyl sites for hydroxylation is 1. The van der Waals surface area contributed by atoms with Gasteiger partial charge in [-0.2, -0.15) is 4.67 Å². The number of benzene rings is 1. The first-order chi connectivity index (χ1) is 17.1. The van der Waals surface area contributed by atoms with Gasteiger partial charge in [0.2, 0.25) is 0 Å². The maximum Gasteiger partial charge on any atom is 0.408 e. The Morgan fingerprint density at radius 2 is 1.69 bits per heavy atom. The molecule has 0 spiro atoms. The largest absolute Gasteiger partial charge is 0.408 e. The normalized spacial score (nSPS) is 15.8. The van der Waals surface area contributed by atoms with E-state index in [1.165, 1.54) is 23.2 Å². The van der Waals surface area contributed by atoms with E-state index in [1.807, 2.05) is 44.3 Å². The third kappa shape index (κ3) is 6.84. The van der Waals surface area contributed by atoms with Crippen molar-refractivity contribution >= 4 is 7.75 Å². The van der Waals surface area contributed by atoms with E-state index in [0.717, 1.165) is 30.6 Å². The van der Waals surface area contributed by atoms with Crippen molar-refractivity contribution < 1.29 is 13.6 Å². The standard InChI is InChI=1S/C27H35N4O3P/c1-3-33-35(32,34-4-2)31(21-25-11-5-6-17-28-25)20-23-15-13-22(14-16-23)19-30-26-12-7-9-24-10-8-18-29-27(24)26/h5-6,8,10-11,13-18,26,30H,3-4,7,9,12,19-21H2,1-2H3. The fraction of sp³-hybridized carbons (Fsp3) is 0.407. The van der Waals surface area contributed by atoms with Crippen LogP contribution in [0.5, 0.6) is 0 Å². The fourth-order valence-corrected chi connectivity index (χ4v) is 6.17. The molecule has 1 aliphatic rings. The summed E-state index contributed by atoms with van der Waals surface area (Å²) in [6.07, 6.45) is 7.02. The predicted molar refractivity (Wildman–Crippen MR) is 138 cm³/mol. The summed E-state index contributed by atoms with van der Waals surface area (Å²) in [5.74, 6) is 0. The molecule has 35 heavy (non-hydrogen) atoms. The van der Waals surface area contributed by atoms with E-state index in [-0.39, 0.29) is 6.04 Å². The Balaban J connectivity index is 1.44. The Hall–Kier alpha value is -2.41. The Morgan fingerprint density at radius 3 is 2.40 bits per heavy atom. The molecule has 8 heteroatoms. The van der Waals surface area contributed by atoms with Crippen molar-refractivity contribution in [3.63, 3.8) is 0 Å². The maximum absolute atomic E-state index is 13.6. The van der Waals surface area contributed by atoms with E-state index in [9.17, 15) is 4.57 Å². The number of rotatable bonds is 12. The summed E-state index contributed by atoms with van der Waals surface area (Å²) in [6.45, 7) is 5.84. The molecule has 0 bridgehead atoms. The van der Waals surface area contributed by atoms with Crippen LogP contribution in [0, 0.1) is 0 Å². The first-order valence-corrected chi connectivity index (χ1v) is 13.9. The van der Waals surface area contributed by atoms with Gasteiger partial charge in [0.1, 0.15) is 0 Å². The third-order valence-corrected chi connectivity index (χ3v) is 8.28. The fourth-order valence-electron chi connectivity index (χ4n) is 4.46.